The fourth-order valence-corrected chi connectivity index (χ4v) is 4.08. The van der Waals surface area contributed by atoms with Crippen molar-refractivity contribution < 1.29 is 13.2 Å². The van der Waals surface area contributed by atoms with Crippen molar-refractivity contribution in [2.75, 3.05) is 64.4 Å². The van der Waals surface area contributed by atoms with Crippen molar-refractivity contribution in [3.05, 3.63) is 29.3 Å². The zero-order chi connectivity index (χ0) is 19.7. The summed E-state index contributed by atoms with van der Waals surface area (Å²) in [7, 11) is -0.862. The molecule has 1 aliphatic heterocycles. The third-order valence-electron chi connectivity index (χ3n) is 4.32. The van der Waals surface area contributed by atoms with Gasteiger partial charge in [0.1, 0.15) is 12.4 Å². The average molecular weight is 417 g/mol. The van der Waals surface area contributed by atoms with Crippen LogP contribution in [0.25, 0.3) is 0 Å². The number of hydrogen-bond donors (Lipinski definition) is 1. The summed E-state index contributed by atoms with van der Waals surface area (Å²) in [5.41, 5.74) is 0. The molecular formula is C18H29ClN4O3S. The molecule has 0 bridgehead atoms. The Balaban J connectivity index is 1.76. The van der Waals surface area contributed by atoms with Gasteiger partial charge in [0, 0.05) is 38.2 Å². The molecule has 0 spiro atoms. The van der Waals surface area contributed by atoms with E-state index >= 15 is 0 Å². The Bertz CT molecular complexity index is 696. The topological polar surface area (TPSA) is 74.2 Å². The zero-order valence-electron chi connectivity index (χ0n) is 16.0. The van der Waals surface area contributed by atoms with Crippen molar-refractivity contribution in [1.29, 1.82) is 0 Å². The van der Waals surface area contributed by atoms with Gasteiger partial charge in [0.25, 0.3) is 0 Å². The number of nitrogens with zero attached hydrogens (tertiary/aromatic N) is 3. The maximum atomic E-state index is 11.5. The summed E-state index contributed by atoms with van der Waals surface area (Å²) >= 11 is 5.87. The molecule has 2 rings (SSSR count). The van der Waals surface area contributed by atoms with Gasteiger partial charge >= 0.3 is 0 Å². The van der Waals surface area contributed by atoms with Crippen LogP contribution in [0.4, 0.5) is 0 Å². The fraction of sp³-hybridized carbons (Fsp3) is 0.611. The lowest BCUT2D eigenvalue weighted by Gasteiger charge is -2.26. The Labute approximate surface area is 167 Å². The van der Waals surface area contributed by atoms with Gasteiger partial charge in [-0.05, 0) is 31.2 Å². The molecule has 9 heteroatoms. The number of aliphatic imine (C=N–C) groups is 1. The molecule has 1 aromatic rings. The van der Waals surface area contributed by atoms with Crippen LogP contribution in [0.1, 0.15) is 6.92 Å². The second kappa shape index (κ2) is 10.7. The van der Waals surface area contributed by atoms with E-state index in [1.807, 2.05) is 31.0 Å². The summed E-state index contributed by atoms with van der Waals surface area (Å²) in [5.74, 6) is 2.11. The molecule has 7 nitrogen and oxygen atoms in total. The van der Waals surface area contributed by atoms with Gasteiger partial charge in [0.05, 0.1) is 24.6 Å². The first-order chi connectivity index (χ1) is 12.9. The minimum atomic E-state index is -2.83. The molecule has 1 aliphatic rings. The SMILES string of the molecule is CCNC(=NCCN1CCS(=O)(=O)CC1)N(C)CCOc1ccc(Cl)cc1. The maximum absolute atomic E-state index is 11.5. The van der Waals surface area contributed by atoms with Crippen LogP contribution in [0.3, 0.4) is 0 Å². The van der Waals surface area contributed by atoms with Gasteiger partial charge in [0.15, 0.2) is 15.8 Å². The predicted octanol–water partition coefficient (Wildman–Crippen LogP) is 1.35. The second-order valence-corrected chi connectivity index (χ2v) is 9.19. The third kappa shape index (κ3) is 7.94. The van der Waals surface area contributed by atoms with Crippen LogP contribution in [0, 0.1) is 0 Å². The number of benzene rings is 1. The van der Waals surface area contributed by atoms with Crippen LogP contribution in [-0.4, -0.2) is 88.6 Å². The van der Waals surface area contributed by atoms with E-state index in [0.29, 0.717) is 37.8 Å². The number of sulfone groups is 1. The highest BCUT2D eigenvalue weighted by Gasteiger charge is 2.20. The van der Waals surface area contributed by atoms with Gasteiger partial charge in [-0.25, -0.2) is 8.42 Å². The maximum Gasteiger partial charge on any atom is 0.193 e. The van der Waals surface area contributed by atoms with Crippen molar-refractivity contribution in [3.8, 4) is 5.75 Å². The van der Waals surface area contributed by atoms with Crippen molar-refractivity contribution >= 4 is 27.4 Å². The van der Waals surface area contributed by atoms with Gasteiger partial charge in [-0.3, -0.25) is 9.89 Å². The summed E-state index contributed by atoms with van der Waals surface area (Å²) < 4.78 is 28.7. The predicted molar refractivity (Wildman–Crippen MR) is 111 cm³/mol. The quantitative estimate of drug-likeness (QED) is 0.509. The van der Waals surface area contributed by atoms with Crippen LogP contribution in [0.15, 0.2) is 29.3 Å². The third-order valence-corrected chi connectivity index (χ3v) is 6.18. The summed E-state index contributed by atoms with van der Waals surface area (Å²) in [6, 6.07) is 7.30. The molecule has 152 valence electrons. The van der Waals surface area contributed by atoms with Gasteiger partial charge in [0.2, 0.25) is 0 Å². The summed E-state index contributed by atoms with van der Waals surface area (Å²) in [6.07, 6.45) is 0. The van der Waals surface area contributed by atoms with Gasteiger partial charge in [-0.1, -0.05) is 11.6 Å². The van der Waals surface area contributed by atoms with Crippen molar-refractivity contribution in [2.24, 2.45) is 4.99 Å². The fourth-order valence-electron chi connectivity index (χ4n) is 2.68. The molecule has 1 aromatic carbocycles. The van der Waals surface area contributed by atoms with Crippen molar-refractivity contribution in [2.45, 2.75) is 6.92 Å². The van der Waals surface area contributed by atoms with Crippen LogP contribution in [-0.2, 0) is 9.84 Å². The molecular weight excluding hydrogens is 388 g/mol. The number of guanidine groups is 1. The highest BCUT2D eigenvalue weighted by molar-refractivity contribution is 7.91. The van der Waals surface area contributed by atoms with E-state index in [1.54, 1.807) is 12.1 Å². The van der Waals surface area contributed by atoms with Gasteiger partial charge in [-0.2, -0.15) is 0 Å². The van der Waals surface area contributed by atoms with Crippen LogP contribution in [0.5, 0.6) is 5.75 Å². The molecule has 0 saturated carbocycles. The highest BCUT2D eigenvalue weighted by Crippen LogP contribution is 2.15. The van der Waals surface area contributed by atoms with Crippen LogP contribution in [0.2, 0.25) is 5.02 Å². The van der Waals surface area contributed by atoms with Gasteiger partial charge in [-0.15, -0.1) is 0 Å². The smallest absolute Gasteiger partial charge is 0.193 e. The van der Waals surface area contributed by atoms with E-state index in [4.69, 9.17) is 16.3 Å². The minimum absolute atomic E-state index is 0.249. The molecule has 1 saturated heterocycles. The summed E-state index contributed by atoms with van der Waals surface area (Å²) in [4.78, 5) is 8.83. The van der Waals surface area contributed by atoms with E-state index in [2.05, 4.69) is 15.2 Å². The van der Waals surface area contributed by atoms with E-state index in [0.717, 1.165) is 24.8 Å². The van der Waals surface area contributed by atoms with E-state index < -0.39 is 9.84 Å². The average Bonchev–Trinajstić information content (AvgIpc) is 2.64. The number of nitrogens with one attached hydrogen (secondary N) is 1. The van der Waals surface area contributed by atoms with Gasteiger partial charge < -0.3 is 15.0 Å². The van der Waals surface area contributed by atoms with Crippen LogP contribution < -0.4 is 10.1 Å². The zero-order valence-corrected chi connectivity index (χ0v) is 17.6. The molecule has 0 aliphatic carbocycles. The van der Waals surface area contributed by atoms with Crippen LogP contribution >= 0.6 is 11.6 Å². The first kappa shape index (κ1) is 21.8. The van der Waals surface area contributed by atoms with Crippen molar-refractivity contribution in [1.82, 2.24) is 15.1 Å². The number of hydrogen-bond acceptors (Lipinski definition) is 5. The monoisotopic (exact) mass is 416 g/mol. The molecule has 0 aromatic heterocycles. The Morgan fingerprint density at radius 3 is 2.59 bits per heavy atom. The molecule has 27 heavy (non-hydrogen) atoms. The number of likely N-dealkylation sites (N-methyl/N-ethyl adjacent to an activating group) is 1. The minimum Gasteiger partial charge on any atom is -0.492 e. The number of ether oxygens (including phenoxy) is 1. The standard InChI is InChI=1S/C18H29ClN4O3S/c1-3-20-18(21-8-9-23-11-14-27(24,25)15-12-23)22(2)10-13-26-17-6-4-16(19)5-7-17/h4-7H,3,8-15H2,1-2H3,(H,20,21). The first-order valence-corrected chi connectivity index (χ1v) is 11.4. The summed E-state index contributed by atoms with van der Waals surface area (Å²) in [6.45, 7) is 6.62. The molecule has 0 unspecified atom stereocenters. The Hall–Kier alpha value is -1.51. The van der Waals surface area contributed by atoms with E-state index in [1.165, 1.54) is 0 Å². The lowest BCUT2D eigenvalue weighted by molar-refractivity contribution is 0.280. The Morgan fingerprint density at radius 2 is 1.96 bits per heavy atom. The molecule has 0 atom stereocenters. The Kier molecular flexibility index (Phi) is 8.66. The van der Waals surface area contributed by atoms with E-state index in [9.17, 15) is 8.42 Å². The first-order valence-electron chi connectivity index (χ1n) is 9.20. The van der Waals surface area contributed by atoms with Crippen molar-refractivity contribution in [3.63, 3.8) is 0 Å². The second-order valence-electron chi connectivity index (χ2n) is 6.45. The molecule has 1 N–H and O–H groups in total. The summed E-state index contributed by atoms with van der Waals surface area (Å²) in [5, 5.41) is 3.97. The molecule has 0 radical (unpaired) electrons. The lowest BCUT2D eigenvalue weighted by atomic mass is 10.3. The Morgan fingerprint density at radius 1 is 1.30 bits per heavy atom. The molecule has 1 heterocycles. The highest BCUT2D eigenvalue weighted by atomic mass is 35.5. The van der Waals surface area contributed by atoms with E-state index in [-0.39, 0.29) is 11.5 Å². The number of rotatable bonds is 8. The largest absolute Gasteiger partial charge is 0.492 e. The molecule has 1 fully saturated rings. The normalized spacial score (nSPS) is 17.5. The lowest BCUT2D eigenvalue weighted by Crippen LogP contribution is -2.43. The number of halogens is 1. The molecule has 0 amide bonds.